The fourth-order valence-corrected chi connectivity index (χ4v) is 3.93. The van der Waals surface area contributed by atoms with Crippen molar-refractivity contribution in [1.29, 1.82) is 0 Å². The van der Waals surface area contributed by atoms with Crippen molar-refractivity contribution in [3.8, 4) is 5.75 Å². The van der Waals surface area contributed by atoms with Crippen molar-refractivity contribution in [3.05, 3.63) is 70.9 Å². The minimum absolute atomic E-state index is 0.593. The molecule has 1 aromatic heterocycles. The lowest BCUT2D eigenvalue weighted by atomic mass is 9.93. The number of fused-ring (bicyclic) bond motifs is 1. The van der Waals surface area contributed by atoms with E-state index < -0.39 is 0 Å². The number of hydrogen-bond acceptors (Lipinski definition) is 2. The lowest BCUT2D eigenvalue weighted by molar-refractivity contribution is 0.306. The van der Waals surface area contributed by atoms with Crippen LogP contribution in [0.5, 0.6) is 5.75 Å². The third-order valence-electron chi connectivity index (χ3n) is 5.56. The monoisotopic (exact) mass is 389 g/mol. The Bertz CT molecular complexity index is 915. The second kappa shape index (κ2) is 10.4. The average Bonchev–Trinajstić information content (AvgIpc) is 2.72. The summed E-state index contributed by atoms with van der Waals surface area (Å²) >= 11 is 0. The van der Waals surface area contributed by atoms with Crippen molar-refractivity contribution in [2.24, 2.45) is 5.92 Å². The molecule has 29 heavy (non-hydrogen) atoms. The van der Waals surface area contributed by atoms with E-state index >= 15 is 0 Å². The van der Waals surface area contributed by atoms with Gasteiger partial charge in [0.1, 0.15) is 12.4 Å². The molecule has 3 aromatic rings. The molecule has 154 valence electrons. The Kier molecular flexibility index (Phi) is 7.69. The zero-order valence-corrected chi connectivity index (χ0v) is 18.5. The van der Waals surface area contributed by atoms with Crippen LogP contribution >= 0.6 is 0 Å². The summed E-state index contributed by atoms with van der Waals surface area (Å²) in [6, 6.07) is 16.7. The molecule has 0 aliphatic rings. The standard InChI is InChI=1S/C27H35NO/c1-5-6-7-11-14-24-21(4)27(17-20(2)3)28-26-16-15-23(18-25(24)26)29-19-22-12-9-8-10-13-22/h8-10,12-13,15-16,18,20H,5-7,11,14,17,19H2,1-4H3. The zero-order valence-electron chi connectivity index (χ0n) is 18.5. The predicted octanol–water partition coefficient (Wildman–Crippen LogP) is 7.44. The Balaban J connectivity index is 1.90. The quantitative estimate of drug-likeness (QED) is 0.336. The SMILES string of the molecule is CCCCCCc1c(C)c(CC(C)C)nc2ccc(OCc3ccccc3)cc12. The van der Waals surface area contributed by atoms with E-state index in [1.165, 1.54) is 53.5 Å². The van der Waals surface area contributed by atoms with E-state index in [0.717, 1.165) is 24.1 Å². The predicted molar refractivity (Wildman–Crippen MR) is 124 cm³/mol. The van der Waals surface area contributed by atoms with Crippen LogP contribution in [0, 0.1) is 12.8 Å². The molecule has 0 saturated carbocycles. The lowest BCUT2D eigenvalue weighted by Gasteiger charge is -2.17. The minimum atomic E-state index is 0.593. The molecule has 0 atom stereocenters. The first-order valence-corrected chi connectivity index (χ1v) is 11.2. The molecule has 0 radical (unpaired) electrons. The maximum atomic E-state index is 6.11. The van der Waals surface area contributed by atoms with Crippen LogP contribution in [0.1, 0.15) is 68.8 Å². The van der Waals surface area contributed by atoms with Gasteiger partial charge in [-0.1, -0.05) is 70.4 Å². The highest BCUT2D eigenvalue weighted by atomic mass is 16.5. The van der Waals surface area contributed by atoms with E-state index in [1.54, 1.807) is 0 Å². The Morgan fingerprint density at radius 2 is 1.76 bits per heavy atom. The van der Waals surface area contributed by atoms with E-state index in [9.17, 15) is 0 Å². The van der Waals surface area contributed by atoms with Crippen LogP contribution in [-0.2, 0) is 19.4 Å². The van der Waals surface area contributed by atoms with Crippen molar-refractivity contribution in [2.75, 3.05) is 0 Å². The molecule has 0 fully saturated rings. The zero-order chi connectivity index (χ0) is 20.6. The van der Waals surface area contributed by atoms with Gasteiger partial charge in [0.2, 0.25) is 0 Å². The molecule has 0 bridgehead atoms. The summed E-state index contributed by atoms with van der Waals surface area (Å²) in [5, 5.41) is 1.26. The smallest absolute Gasteiger partial charge is 0.120 e. The molecule has 0 aliphatic carbocycles. The van der Waals surface area contributed by atoms with Gasteiger partial charge in [-0.15, -0.1) is 0 Å². The van der Waals surface area contributed by atoms with Gasteiger partial charge in [0.05, 0.1) is 5.52 Å². The van der Waals surface area contributed by atoms with E-state index in [4.69, 9.17) is 9.72 Å². The van der Waals surface area contributed by atoms with Crippen LogP contribution < -0.4 is 4.74 Å². The van der Waals surface area contributed by atoms with Crippen molar-refractivity contribution in [1.82, 2.24) is 4.98 Å². The lowest BCUT2D eigenvalue weighted by Crippen LogP contribution is -2.05. The number of pyridine rings is 1. The average molecular weight is 390 g/mol. The molecule has 1 heterocycles. The normalized spacial score (nSPS) is 11.3. The summed E-state index contributed by atoms with van der Waals surface area (Å²) in [6.45, 7) is 9.66. The number of hydrogen-bond donors (Lipinski definition) is 0. The topological polar surface area (TPSA) is 22.1 Å². The van der Waals surface area contributed by atoms with Gasteiger partial charge in [0, 0.05) is 11.1 Å². The number of ether oxygens (including phenoxy) is 1. The fraction of sp³-hybridized carbons (Fsp3) is 0.444. The molecule has 0 saturated heterocycles. The molecular formula is C27H35NO. The van der Waals surface area contributed by atoms with E-state index in [0.29, 0.717) is 12.5 Å². The summed E-state index contributed by atoms with van der Waals surface area (Å²) in [5.74, 6) is 1.54. The van der Waals surface area contributed by atoms with Crippen LogP contribution in [0.2, 0.25) is 0 Å². The number of unbranched alkanes of at least 4 members (excludes halogenated alkanes) is 3. The molecule has 0 amide bonds. The van der Waals surface area contributed by atoms with Crippen LogP contribution in [0.3, 0.4) is 0 Å². The Morgan fingerprint density at radius 1 is 0.966 bits per heavy atom. The van der Waals surface area contributed by atoms with Gasteiger partial charge >= 0.3 is 0 Å². The summed E-state index contributed by atoms with van der Waals surface area (Å²) in [5.41, 5.74) is 6.39. The molecule has 2 heteroatoms. The van der Waals surface area contributed by atoms with E-state index in [-0.39, 0.29) is 0 Å². The summed E-state index contributed by atoms with van der Waals surface area (Å²) < 4.78 is 6.11. The van der Waals surface area contributed by atoms with Crippen LogP contribution in [-0.4, -0.2) is 4.98 Å². The Morgan fingerprint density at radius 3 is 2.48 bits per heavy atom. The van der Waals surface area contributed by atoms with E-state index in [2.05, 4.69) is 70.2 Å². The van der Waals surface area contributed by atoms with Crippen molar-refractivity contribution in [2.45, 2.75) is 72.8 Å². The highest BCUT2D eigenvalue weighted by molar-refractivity contribution is 5.85. The second-order valence-electron chi connectivity index (χ2n) is 8.52. The molecule has 2 aromatic carbocycles. The maximum Gasteiger partial charge on any atom is 0.120 e. The summed E-state index contributed by atoms with van der Waals surface area (Å²) in [4.78, 5) is 5.02. The van der Waals surface area contributed by atoms with Crippen LogP contribution in [0.25, 0.3) is 10.9 Å². The first-order valence-electron chi connectivity index (χ1n) is 11.2. The van der Waals surface area contributed by atoms with Gasteiger partial charge in [-0.25, -0.2) is 0 Å². The van der Waals surface area contributed by atoms with Crippen LogP contribution in [0.15, 0.2) is 48.5 Å². The number of nitrogens with zero attached hydrogens (tertiary/aromatic N) is 1. The first-order chi connectivity index (χ1) is 14.1. The van der Waals surface area contributed by atoms with Gasteiger partial charge in [0.25, 0.3) is 0 Å². The number of rotatable bonds is 10. The third kappa shape index (κ3) is 5.82. The largest absolute Gasteiger partial charge is 0.489 e. The summed E-state index contributed by atoms with van der Waals surface area (Å²) in [6.07, 6.45) is 7.28. The van der Waals surface area contributed by atoms with Crippen molar-refractivity contribution < 1.29 is 4.74 Å². The molecule has 2 nitrogen and oxygen atoms in total. The molecule has 0 aliphatic heterocycles. The third-order valence-corrected chi connectivity index (χ3v) is 5.56. The Hall–Kier alpha value is -2.35. The summed E-state index contributed by atoms with van der Waals surface area (Å²) in [7, 11) is 0. The molecular weight excluding hydrogens is 354 g/mol. The van der Waals surface area contributed by atoms with Gasteiger partial charge in [0.15, 0.2) is 0 Å². The van der Waals surface area contributed by atoms with Crippen molar-refractivity contribution in [3.63, 3.8) is 0 Å². The van der Waals surface area contributed by atoms with E-state index in [1.807, 2.05) is 6.07 Å². The van der Waals surface area contributed by atoms with Gasteiger partial charge in [-0.3, -0.25) is 4.98 Å². The number of aryl methyl sites for hydroxylation is 1. The van der Waals surface area contributed by atoms with Gasteiger partial charge in [-0.05, 0) is 67.0 Å². The van der Waals surface area contributed by atoms with Gasteiger partial charge < -0.3 is 4.74 Å². The fourth-order valence-electron chi connectivity index (χ4n) is 3.93. The number of aromatic nitrogens is 1. The van der Waals surface area contributed by atoms with Gasteiger partial charge in [-0.2, -0.15) is 0 Å². The van der Waals surface area contributed by atoms with Crippen molar-refractivity contribution >= 4 is 10.9 Å². The van der Waals surface area contributed by atoms with Crippen LogP contribution in [0.4, 0.5) is 0 Å². The minimum Gasteiger partial charge on any atom is -0.489 e. The Labute approximate surface area is 176 Å². The second-order valence-corrected chi connectivity index (χ2v) is 8.52. The molecule has 0 N–H and O–H groups in total. The molecule has 3 rings (SSSR count). The molecule has 0 spiro atoms. The highest BCUT2D eigenvalue weighted by Crippen LogP contribution is 2.30. The first kappa shape index (κ1) is 21.4. The number of benzene rings is 2. The maximum absolute atomic E-state index is 6.11. The highest BCUT2D eigenvalue weighted by Gasteiger charge is 2.14. The molecule has 0 unspecified atom stereocenters.